The molecule has 3 rings (SSSR count). The predicted octanol–water partition coefficient (Wildman–Crippen LogP) is 4.38. The second kappa shape index (κ2) is 10.5. The number of hydrogen-bond donors (Lipinski definition) is 1. The van der Waals surface area contributed by atoms with Gasteiger partial charge in [-0.3, -0.25) is 0 Å². The molecule has 0 spiro atoms. The fourth-order valence-corrected chi connectivity index (χ4v) is 3.20. The van der Waals surface area contributed by atoms with Crippen molar-refractivity contribution in [2.75, 3.05) is 6.61 Å². The van der Waals surface area contributed by atoms with Crippen LogP contribution in [0.2, 0.25) is 0 Å². The quantitative estimate of drug-likeness (QED) is 0.633. The Bertz CT molecular complexity index is 734. The van der Waals surface area contributed by atoms with Crippen LogP contribution < -0.4 is 14.8 Å². The van der Waals surface area contributed by atoms with E-state index in [1.165, 1.54) is 18.4 Å². The molecule has 27 heavy (non-hydrogen) atoms. The molecule has 1 fully saturated rings. The van der Waals surface area contributed by atoms with E-state index in [1.54, 1.807) is 0 Å². The first-order valence-electron chi connectivity index (χ1n) is 9.74. The lowest BCUT2D eigenvalue weighted by molar-refractivity contribution is 0.201. The maximum Gasteiger partial charge on any atom is 0.213 e. The summed E-state index contributed by atoms with van der Waals surface area (Å²) < 4.78 is 11.6. The van der Waals surface area contributed by atoms with E-state index in [2.05, 4.69) is 28.5 Å². The lowest BCUT2D eigenvalue weighted by atomic mass is 10.2. The number of aromatic nitrogens is 1. The van der Waals surface area contributed by atoms with Crippen LogP contribution in [0.1, 0.15) is 49.7 Å². The Morgan fingerprint density at radius 3 is 2.74 bits per heavy atom. The molecule has 1 aromatic heterocycles. The smallest absolute Gasteiger partial charge is 0.213 e. The molecule has 0 atom stereocenters. The van der Waals surface area contributed by atoms with Crippen molar-refractivity contribution in [1.82, 2.24) is 10.3 Å². The van der Waals surface area contributed by atoms with E-state index >= 15 is 0 Å². The van der Waals surface area contributed by atoms with Crippen LogP contribution in [0.5, 0.6) is 11.6 Å². The Labute approximate surface area is 161 Å². The standard InChI is InChI=1S/C22H27N3O2/c23-12-3-4-13-26-21-9-5-6-18(14-21)15-24-16-19-10-11-22(25-17-19)27-20-7-1-2-8-20/h5-6,9-11,14,17,20,24H,1-4,7-8,13,15-16H2. The second-order valence-electron chi connectivity index (χ2n) is 6.89. The van der Waals surface area contributed by atoms with Crippen LogP contribution in [-0.4, -0.2) is 17.7 Å². The summed E-state index contributed by atoms with van der Waals surface area (Å²) in [5, 5.41) is 12.0. The Morgan fingerprint density at radius 2 is 1.96 bits per heavy atom. The van der Waals surface area contributed by atoms with E-state index in [-0.39, 0.29) is 0 Å². The van der Waals surface area contributed by atoms with Crippen molar-refractivity contribution >= 4 is 0 Å². The number of pyridine rings is 1. The van der Waals surface area contributed by atoms with Gasteiger partial charge in [-0.2, -0.15) is 5.26 Å². The summed E-state index contributed by atoms with van der Waals surface area (Å²) in [4.78, 5) is 4.43. The van der Waals surface area contributed by atoms with E-state index in [4.69, 9.17) is 14.7 Å². The maximum absolute atomic E-state index is 8.55. The molecule has 5 heteroatoms. The summed E-state index contributed by atoms with van der Waals surface area (Å²) in [5.74, 6) is 1.58. The molecule has 142 valence electrons. The molecule has 0 saturated heterocycles. The molecule has 2 aromatic rings. The van der Waals surface area contributed by atoms with Gasteiger partial charge in [0.05, 0.1) is 12.7 Å². The Morgan fingerprint density at radius 1 is 1.11 bits per heavy atom. The van der Waals surface area contributed by atoms with Gasteiger partial charge in [-0.05, 0) is 55.4 Å². The first-order valence-corrected chi connectivity index (χ1v) is 9.74. The lowest BCUT2D eigenvalue weighted by Gasteiger charge is -2.12. The van der Waals surface area contributed by atoms with Gasteiger partial charge in [0.1, 0.15) is 11.9 Å². The molecule has 1 aromatic carbocycles. The summed E-state index contributed by atoms with van der Waals surface area (Å²) >= 11 is 0. The summed E-state index contributed by atoms with van der Waals surface area (Å²) in [7, 11) is 0. The highest BCUT2D eigenvalue weighted by Gasteiger charge is 2.16. The van der Waals surface area contributed by atoms with Gasteiger partial charge in [-0.25, -0.2) is 4.98 Å². The fraction of sp³-hybridized carbons (Fsp3) is 0.455. The highest BCUT2D eigenvalue weighted by atomic mass is 16.5. The normalized spacial score (nSPS) is 14.0. The van der Waals surface area contributed by atoms with Crippen molar-refractivity contribution in [1.29, 1.82) is 5.26 Å². The monoisotopic (exact) mass is 365 g/mol. The molecule has 0 amide bonds. The van der Waals surface area contributed by atoms with Crippen molar-refractivity contribution in [3.63, 3.8) is 0 Å². The van der Waals surface area contributed by atoms with Gasteiger partial charge in [-0.15, -0.1) is 0 Å². The molecule has 1 aliphatic carbocycles. The summed E-state index contributed by atoms with van der Waals surface area (Å²) in [6.45, 7) is 2.09. The minimum atomic E-state index is 0.343. The molecule has 5 nitrogen and oxygen atoms in total. The zero-order valence-electron chi connectivity index (χ0n) is 15.7. The van der Waals surface area contributed by atoms with Crippen LogP contribution in [0, 0.1) is 11.3 Å². The SMILES string of the molecule is N#CCCCOc1cccc(CNCc2ccc(OC3CCCC3)nc2)c1. The summed E-state index contributed by atoms with van der Waals surface area (Å²) in [6.07, 6.45) is 8.32. The van der Waals surface area contributed by atoms with E-state index in [0.29, 0.717) is 19.1 Å². The summed E-state index contributed by atoms with van der Waals surface area (Å²) in [6, 6.07) is 14.2. The average Bonchev–Trinajstić information content (AvgIpc) is 3.20. The molecular formula is C22H27N3O2. The minimum absolute atomic E-state index is 0.343. The van der Waals surface area contributed by atoms with Crippen LogP contribution >= 0.6 is 0 Å². The van der Waals surface area contributed by atoms with E-state index < -0.39 is 0 Å². The van der Waals surface area contributed by atoms with Gasteiger partial charge in [0.15, 0.2) is 0 Å². The second-order valence-corrected chi connectivity index (χ2v) is 6.89. The van der Waals surface area contributed by atoms with E-state index in [1.807, 2.05) is 30.5 Å². The Kier molecular flexibility index (Phi) is 7.49. The van der Waals surface area contributed by atoms with Crippen molar-refractivity contribution in [2.24, 2.45) is 0 Å². The highest BCUT2D eigenvalue weighted by molar-refractivity contribution is 5.28. The number of nitrogens with one attached hydrogen (secondary N) is 1. The van der Waals surface area contributed by atoms with Gasteiger partial charge in [0, 0.05) is 31.8 Å². The number of ether oxygens (including phenoxy) is 2. The van der Waals surface area contributed by atoms with Crippen LogP contribution in [0.3, 0.4) is 0 Å². The third-order valence-electron chi connectivity index (χ3n) is 4.65. The van der Waals surface area contributed by atoms with E-state index in [0.717, 1.165) is 49.5 Å². The molecule has 0 unspecified atom stereocenters. The number of nitrogens with zero attached hydrogens (tertiary/aromatic N) is 2. The zero-order chi connectivity index (χ0) is 18.7. The van der Waals surface area contributed by atoms with Crippen LogP contribution in [0.4, 0.5) is 0 Å². The first kappa shape index (κ1) is 19.2. The van der Waals surface area contributed by atoms with Gasteiger partial charge in [0.25, 0.3) is 0 Å². The Balaban J connectivity index is 1.40. The number of benzene rings is 1. The van der Waals surface area contributed by atoms with Gasteiger partial charge >= 0.3 is 0 Å². The Hall–Kier alpha value is -2.58. The third kappa shape index (κ3) is 6.58. The molecular weight excluding hydrogens is 338 g/mol. The van der Waals surface area contributed by atoms with Crippen molar-refractivity contribution in [3.8, 4) is 17.7 Å². The molecule has 0 bridgehead atoms. The summed E-state index contributed by atoms with van der Waals surface area (Å²) in [5.41, 5.74) is 2.31. The molecule has 1 saturated carbocycles. The fourth-order valence-electron chi connectivity index (χ4n) is 3.20. The number of nitriles is 1. The number of unbranched alkanes of at least 4 members (excludes halogenated alkanes) is 1. The zero-order valence-corrected chi connectivity index (χ0v) is 15.7. The molecule has 1 heterocycles. The van der Waals surface area contributed by atoms with Gasteiger partial charge in [0.2, 0.25) is 5.88 Å². The topological polar surface area (TPSA) is 67.2 Å². The largest absolute Gasteiger partial charge is 0.494 e. The highest BCUT2D eigenvalue weighted by Crippen LogP contribution is 2.22. The van der Waals surface area contributed by atoms with Gasteiger partial charge in [-0.1, -0.05) is 18.2 Å². The predicted molar refractivity (Wildman–Crippen MR) is 104 cm³/mol. The van der Waals surface area contributed by atoms with Crippen LogP contribution in [0.15, 0.2) is 42.6 Å². The van der Waals surface area contributed by atoms with Crippen molar-refractivity contribution < 1.29 is 9.47 Å². The van der Waals surface area contributed by atoms with Gasteiger partial charge < -0.3 is 14.8 Å². The van der Waals surface area contributed by atoms with Crippen molar-refractivity contribution in [3.05, 3.63) is 53.7 Å². The molecule has 1 aliphatic rings. The lowest BCUT2D eigenvalue weighted by Crippen LogP contribution is -2.14. The third-order valence-corrected chi connectivity index (χ3v) is 4.65. The molecule has 0 radical (unpaired) electrons. The molecule has 0 aliphatic heterocycles. The van der Waals surface area contributed by atoms with Crippen LogP contribution in [0.25, 0.3) is 0 Å². The van der Waals surface area contributed by atoms with E-state index in [9.17, 15) is 0 Å². The average molecular weight is 365 g/mol. The number of hydrogen-bond acceptors (Lipinski definition) is 5. The minimum Gasteiger partial charge on any atom is -0.494 e. The first-order chi connectivity index (χ1) is 13.3. The van der Waals surface area contributed by atoms with Crippen LogP contribution in [-0.2, 0) is 13.1 Å². The number of rotatable bonds is 10. The maximum atomic E-state index is 8.55. The molecule has 1 N–H and O–H groups in total. The van der Waals surface area contributed by atoms with Crippen molar-refractivity contribution in [2.45, 2.75) is 57.7 Å².